The van der Waals surface area contributed by atoms with Gasteiger partial charge in [0.15, 0.2) is 6.29 Å². The van der Waals surface area contributed by atoms with Crippen LogP contribution >= 0.6 is 0 Å². The minimum absolute atomic E-state index is 0.171. The maximum atomic E-state index is 9.30. The molecule has 0 aromatic rings. The number of hydrogen-bond donors (Lipinski definition) is 1. The van der Waals surface area contributed by atoms with E-state index in [1.165, 1.54) is 0 Å². The van der Waals surface area contributed by atoms with E-state index >= 15 is 0 Å². The first kappa shape index (κ1) is 6.54. The molecular weight excluding hydrogens is 136 g/mol. The zero-order chi connectivity index (χ0) is 7.14. The molecule has 0 unspecified atom stereocenters. The summed E-state index contributed by atoms with van der Waals surface area (Å²) in [5.74, 6) is 0. The molecule has 0 saturated carbocycles. The predicted octanol–water partition coefficient (Wildman–Crippen LogP) is -0.883. The van der Waals surface area contributed by atoms with Crippen LogP contribution in [0.1, 0.15) is 0 Å². The molecule has 0 aliphatic carbocycles. The Morgan fingerprint density at radius 2 is 2.40 bits per heavy atom. The van der Waals surface area contributed by atoms with Gasteiger partial charge < -0.3 is 19.3 Å². The van der Waals surface area contributed by atoms with Crippen molar-refractivity contribution in [3.05, 3.63) is 0 Å². The van der Waals surface area contributed by atoms with Gasteiger partial charge in [0.2, 0.25) is 0 Å². The molecule has 2 aliphatic rings. The van der Waals surface area contributed by atoms with Gasteiger partial charge in [-0.3, -0.25) is 0 Å². The van der Waals surface area contributed by atoms with Crippen molar-refractivity contribution in [2.45, 2.75) is 24.6 Å². The third-order valence-corrected chi connectivity index (χ3v) is 1.98. The van der Waals surface area contributed by atoms with E-state index in [4.69, 9.17) is 14.2 Å². The van der Waals surface area contributed by atoms with Crippen LogP contribution in [-0.4, -0.2) is 43.4 Å². The third-order valence-electron chi connectivity index (χ3n) is 1.98. The number of ether oxygens (including phenoxy) is 3. The van der Waals surface area contributed by atoms with Gasteiger partial charge in [0, 0.05) is 7.11 Å². The van der Waals surface area contributed by atoms with Gasteiger partial charge in [0.05, 0.1) is 6.61 Å². The lowest BCUT2D eigenvalue weighted by atomic mass is 10.2. The van der Waals surface area contributed by atoms with Gasteiger partial charge in [-0.1, -0.05) is 0 Å². The van der Waals surface area contributed by atoms with Crippen molar-refractivity contribution in [1.82, 2.24) is 0 Å². The maximum absolute atomic E-state index is 9.30. The van der Waals surface area contributed by atoms with Crippen molar-refractivity contribution in [3.8, 4) is 0 Å². The van der Waals surface area contributed by atoms with Gasteiger partial charge in [-0.2, -0.15) is 0 Å². The Labute approximate surface area is 58.7 Å². The molecule has 2 bridgehead atoms. The molecule has 0 aromatic heterocycles. The van der Waals surface area contributed by atoms with Crippen LogP contribution in [0.2, 0.25) is 0 Å². The molecule has 10 heavy (non-hydrogen) atoms. The highest BCUT2D eigenvalue weighted by molar-refractivity contribution is 4.93. The monoisotopic (exact) mass is 146 g/mol. The zero-order valence-electron chi connectivity index (χ0n) is 5.69. The lowest BCUT2D eigenvalue weighted by Crippen LogP contribution is -2.31. The van der Waals surface area contributed by atoms with Crippen LogP contribution in [0, 0.1) is 0 Å². The highest BCUT2D eigenvalue weighted by Gasteiger charge is 2.50. The molecule has 0 aromatic carbocycles. The predicted molar refractivity (Wildman–Crippen MR) is 31.4 cm³/mol. The van der Waals surface area contributed by atoms with E-state index in [1.807, 2.05) is 0 Å². The highest BCUT2D eigenvalue weighted by Crippen LogP contribution is 2.30. The molecule has 1 N–H and O–H groups in total. The van der Waals surface area contributed by atoms with Gasteiger partial charge in [0.25, 0.3) is 0 Å². The van der Waals surface area contributed by atoms with E-state index in [0.29, 0.717) is 6.61 Å². The Balaban J connectivity index is 2.08. The van der Waals surface area contributed by atoms with Crippen molar-refractivity contribution in [3.63, 3.8) is 0 Å². The molecule has 4 atom stereocenters. The summed E-state index contributed by atoms with van der Waals surface area (Å²) in [4.78, 5) is 0. The maximum Gasteiger partial charge on any atom is 0.186 e. The molecule has 2 aliphatic heterocycles. The quantitative estimate of drug-likeness (QED) is 0.521. The minimum Gasteiger partial charge on any atom is -0.387 e. The summed E-state index contributed by atoms with van der Waals surface area (Å²) in [6.45, 7) is 0.492. The fraction of sp³-hybridized carbons (Fsp3) is 1.00. The standard InChI is InChI=1S/C6H10O4/c1-8-6-5-4(7)3(10-6)2-9-5/h3-7H,2H2,1H3/t3-,4-,5+,6+/m1/s1. The summed E-state index contributed by atoms with van der Waals surface area (Å²) < 4.78 is 15.3. The first-order valence-electron chi connectivity index (χ1n) is 3.31. The largest absolute Gasteiger partial charge is 0.387 e. The normalized spacial score (nSPS) is 52.2. The number of aliphatic hydroxyl groups is 1. The lowest BCUT2D eigenvalue weighted by molar-refractivity contribution is -0.202. The molecule has 4 heteroatoms. The first-order valence-corrected chi connectivity index (χ1v) is 3.31. The SMILES string of the molecule is CO[C@H]1O[C@@H]2CO[C@H]1[C@@H]2O. The summed E-state index contributed by atoms with van der Waals surface area (Å²) in [5, 5.41) is 9.30. The average Bonchev–Trinajstić information content (AvgIpc) is 2.46. The fourth-order valence-corrected chi connectivity index (χ4v) is 1.41. The Bertz CT molecular complexity index is 138. The second kappa shape index (κ2) is 2.17. The third kappa shape index (κ3) is 0.703. The van der Waals surface area contributed by atoms with Crippen molar-refractivity contribution < 1.29 is 19.3 Å². The topological polar surface area (TPSA) is 47.9 Å². The Hall–Kier alpha value is -0.160. The fourth-order valence-electron chi connectivity index (χ4n) is 1.41. The van der Waals surface area contributed by atoms with E-state index < -0.39 is 6.10 Å². The van der Waals surface area contributed by atoms with Gasteiger partial charge in [-0.25, -0.2) is 0 Å². The van der Waals surface area contributed by atoms with Crippen LogP contribution in [0.3, 0.4) is 0 Å². The molecule has 2 saturated heterocycles. The van der Waals surface area contributed by atoms with E-state index in [-0.39, 0.29) is 18.5 Å². The van der Waals surface area contributed by atoms with Crippen LogP contribution < -0.4 is 0 Å². The van der Waals surface area contributed by atoms with Crippen molar-refractivity contribution in [2.24, 2.45) is 0 Å². The molecule has 4 nitrogen and oxygen atoms in total. The molecule has 58 valence electrons. The summed E-state index contributed by atoms with van der Waals surface area (Å²) >= 11 is 0. The second-order valence-electron chi connectivity index (χ2n) is 2.57. The van der Waals surface area contributed by atoms with Crippen molar-refractivity contribution in [2.75, 3.05) is 13.7 Å². The molecule has 0 radical (unpaired) electrons. The average molecular weight is 146 g/mol. The van der Waals surface area contributed by atoms with Crippen molar-refractivity contribution in [1.29, 1.82) is 0 Å². The first-order chi connectivity index (χ1) is 4.83. The van der Waals surface area contributed by atoms with Crippen LogP contribution in [0.25, 0.3) is 0 Å². The van der Waals surface area contributed by atoms with E-state index in [9.17, 15) is 5.11 Å². The number of fused-ring (bicyclic) bond motifs is 2. The summed E-state index contributed by atoms with van der Waals surface area (Å²) in [6.07, 6.45) is -1.30. The number of aliphatic hydroxyl groups excluding tert-OH is 1. The van der Waals surface area contributed by atoms with Crippen molar-refractivity contribution >= 4 is 0 Å². The van der Waals surface area contributed by atoms with E-state index in [1.54, 1.807) is 7.11 Å². The van der Waals surface area contributed by atoms with E-state index in [0.717, 1.165) is 0 Å². The lowest BCUT2D eigenvalue weighted by Gasteiger charge is -2.19. The smallest absolute Gasteiger partial charge is 0.186 e. The summed E-state index contributed by atoms with van der Waals surface area (Å²) in [6, 6.07) is 0. The van der Waals surface area contributed by atoms with Crippen LogP contribution in [0.15, 0.2) is 0 Å². The van der Waals surface area contributed by atoms with Gasteiger partial charge in [-0.05, 0) is 0 Å². The van der Waals surface area contributed by atoms with Gasteiger partial charge in [0.1, 0.15) is 18.3 Å². The van der Waals surface area contributed by atoms with Gasteiger partial charge >= 0.3 is 0 Å². The molecule has 0 amide bonds. The summed E-state index contributed by atoms with van der Waals surface area (Å²) in [7, 11) is 1.54. The van der Waals surface area contributed by atoms with E-state index in [2.05, 4.69) is 0 Å². The Kier molecular flexibility index (Phi) is 1.42. The van der Waals surface area contributed by atoms with Crippen LogP contribution in [0.5, 0.6) is 0 Å². The second-order valence-corrected chi connectivity index (χ2v) is 2.57. The number of rotatable bonds is 1. The number of methoxy groups -OCH3 is 1. The summed E-state index contributed by atoms with van der Waals surface area (Å²) in [5.41, 5.74) is 0. The Morgan fingerprint density at radius 1 is 1.60 bits per heavy atom. The molecule has 0 spiro atoms. The zero-order valence-corrected chi connectivity index (χ0v) is 5.69. The minimum atomic E-state index is -0.495. The molecule has 2 heterocycles. The molecule has 2 rings (SSSR count). The van der Waals surface area contributed by atoms with Crippen LogP contribution in [0.4, 0.5) is 0 Å². The van der Waals surface area contributed by atoms with Gasteiger partial charge in [-0.15, -0.1) is 0 Å². The van der Waals surface area contributed by atoms with Crippen LogP contribution in [-0.2, 0) is 14.2 Å². The molecular formula is C6H10O4. The highest BCUT2D eigenvalue weighted by atomic mass is 16.7. The Morgan fingerprint density at radius 3 is 2.70 bits per heavy atom. The number of hydrogen-bond acceptors (Lipinski definition) is 4. The molecule has 2 fully saturated rings.